The number of nitrogens with zero attached hydrogens (tertiary/aromatic N) is 1. The number of aromatic nitrogens is 1. The van der Waals surface area contributed by atoms with Crippen LogP contribution in [0.5, 0.6) is 0 Å². The quantitative estimate of drug-likeness (QED) is 0.518. The summed E-state index contributed by atoms with van der Waals surface area (Å²) in [6, 6.07) is 2.21. The Balaban J connectivity index is 2.89. The zero-order valence-corrected chi connectivity index (χ0v) is 8.48. The Hall–Kier alpha value is -1.02. The van der Waals surface area contributed by atoms with Gasteiger partial charge in [0.2, 0.25) is 0 Å². The minimum Gasteiger partial charge on any atom is -0.250 e. The average molecular weight is 264 g/mol. The van der Waals surface area contributed by atoms with Gasteiger partial charge in [-0.25, -0.2) is 0 Å². The van der Waals surface area contributed by atoms with Crippen molar-refractivity contribution in [1.29, 1.82) is 0 Å². The third kappa shape index (κ3) is 3.04. The monoisotopic (exact) mass is 263 g/mol. The number of hydrogen-bond donors (Lipinski definition) is 0. The van der Waals surface area contributed by atoms with Gasteiger partial charge in [-0.05, 0) is 12.1 Å². The number of halogens is 4. The van der Waals surface area contributed by atoms with Gasteiger partial charge in [-0.2, -0.15) is 13.2 Å². The van der Waals surface area contributed by atoms with Crippen molar-refractivity contribution in [2.24, 2.45) is 0 Å². The molecular weight excluding hydrogens is 259 g/mol. The molecule has 0 fully saturated rings. The van der Waals surface area contributed by atoms with E-state index < -0.39 is 11.9 Å². The minimum atomic E-state index is -4.39. The fourth-order valence-corrected chi connectivity index (χ4v) is 0.911. The van der Waals surface area contributed by atoms with Gasteiger partial charge in [-0.15, -0.1) is 0 Å². The Morgan fingerprint density at radius 1 is 1.36 bits per heavy atom. The molecule has 1 aromatic heterocycles. The van der Waals surface area contributed by atoms with Crippen LogP contribution in [0.2, 0.25) is 0 Å². The van der Waals surface area contributed by atoms with Crippen LogP contribution in [-0.2, 0) is 6.18 Å². The topological polar surface area (TPSA) is 12.9 Å². The van der Waals surface area contributed by atoms with Crippen LogP contribution >= 0.6 is 15.9 Å². The lowest BCUT2D eigenvalue weighted by molar-refractivity contribution is -0.141. The molecule has 74 valence electrons. The van der Waals surface area contributed by atoms with E-state index in [-0.39, 0.29) is 0 Å². The lowest BCUT2D eigenvalue weighted by Gasteiger charge is -2.03. The predicted octanol–water partition coefficient (Wildman–Crippen LogP) is 2.85. The third-order valence-electron chi connectivity index (χ3n) is 1.35. The molecule has 14 heavy (non-hydrogen) atoms. The first kappa shape index (κ1) is 11.1. The molecular formula is C9H5BrF3N. The number of rotatable bonds is 0. The van der Waals surface area contributed by atoms with Crippen molar-refractivity contribution in [3.8, 4) is 11.8 Å². The summed E-state index contributed by atoms with van der Waals surface area (Å²) >= 11 is 3.08. The summed E-state index contributed by atoms with van der Waals surface area (Å²) in [5, 5.41) is 0.480. The highest BCUT2D eigenvalue weighted by atomic mass is 79.9. The Morgan fingerprint density at radius 2 is 2.07 bits per heavy atom. The van der Waals surface area contributed by atoms with Gasteiger partial charge in [0.15, 0.2) is 0 Å². The molecule has 0 aromatic carbocycles. The van der Waals surface area contributed by atoms with E-state index in [0.29, 0.717) is 10.9 Å². The highest BCUT2D eigenvalue weighted by Gasteiger charge is 2.31. The maximum absolute atomic E-state index is 12.1. The Kier molecular flexibility index (Phi) is 3.53. The maximum Gasteiger partial charge on any atom is 0.433 e. The smallest absolute Gasteiger partial charge is 0.250 e. The summed E-state index contributed by atoms with van der Waals surface area (Å²) in [5.41, 5.74) is -0.431. The number of hydrogen-bond acceptors (Lipinski definition) is 1. The Morgan fingerprint density at radius 3 is 2.50 bits per heavy atom. The van der Waals surface area contributed by atoms with E-state index in [4.69, 9.17) is 0 Å². The second kappa shape index (κ2) is 4.47. The van der Waals surface area contributed by atoms with E-state index in [1.54, 1.807) is 0 Å². The molecule has 0 aliphatic rings. The predicted molar refractivity (Wildman–Crippen MR) is 49.9 cm³/mol. The van der Waals surface area contributed by atoms with E-state index in [0.717, 1.165) is 12.3 Å². The molecule has 0 atom stereocenters. The highest BCUT2D eigenvalue weighted by Crippen LogP contribution is 2.26. The SMILES string of the molecule is FC(F)(F)c1ccc(C#CCBr)cn1. The van der Waals surface area contributed by atoms with Gasteiger partial charge in [0, 0.05) is 11.8 Å². The van der Waals surface area contributed by atoms with Crippen molar-refractivity contribution in [3.05, 3.63) is 29.6 Å². The van der Waals surface area contributed by atoms with Crippen molar-refractivity contribution in [2.75, 3.05) is 5.33 Å². The van der Waals surface area contributed by atoms with E-state index in [9.17, 15) is 13.2 Å². The molecule has 0 N–H and O–H groups in total. The van der Waals surface area contributed by atoms with Crippen LogP contribution in [0.1, 0.15) is 11.3 Å². The van der Waals surface area contributed by atoms with Crippen molar-refractivity contribution in [2.45, 2.75) is 6.18 Å². The first-order valence-corrected chi connectivity index (χ1v) is 4.74. The molecule has 0 radical (unpaired) electrons. The van der Waals surface area contributed by atoms with Gasteiger partial charge >= 0.3 is 6.18 Å². The number of alkyl halides is 4. The molecule has 0 aliphatic heterocycles. The fraction of sp³-hybridized carbons (Fsp3) is 0.222. The van der Waals surface area contributed by atoms with Crippen LogP contribution in [0.4, 0.5) is 13.2 Å². The van der Waals surface area contributed by atoms with Crippen LogP contribution in [-0.4, -0.2) is 10.3 Å². The van der Waals surface area contributed by atoms with Crippen LogP contribution in [0.15, 0.2) is 18.3 Å². The van der Waals surface area contributed by atoms with Crippen LogP contribution in [0.3, 0.4) is 0 Å². The van der Waals surface area contributed by atoms with Gasteiger partial charge in [0.05, 0.1) is 5.33 Å². The van der Waals surface area contributed by atoms with Crippen molar-refractivity contribution in [1.82, 2.24) is 4.98 Å². The normalized spacial score (nSPS) is 10.6. The van der Waals surface area contributed by atoms with Gasteiger partial charge in [-0.1, -0.05) is 27.8 Å². The molecule has 0 amide bonds. The lowest BCUT2D eigenvalue weighted by Crippen LogP contribution is -2.07. The average Bonchev–Trinajstić information content (AvgIpc) is 2.14. The molecule has 0 unspecified atom stereocenters. The standard InChI is InChI=1S/C9H5BrF3N/c10-5-1-2-7-3-4-8(14-6-7)9(11,12)13/h3-4,6H,5H2. The molecule has 5 heteroatoms. The maximum atomic E-state index is 12.1. The molecule has 1 aromatic rings. The molecule has 0 saturated heterocycles. The number of pyridine rings is 1. The summed E-state index contributed by atoms with van der Waals surface area (Å²) in [6.45, 7) is 0. The second-order valence-electron chi connectivity index (χ2n) is 2.37. The van der Waals surface area contributed by atoms with E-state index in [1.807, 2.05) is 0 Å². The molecule has 0 aliphatic carbocycles. The first-order chi connectivity index (χ1) is 6.54. The fourth-order valence-electron chi connectivity index (χ4n) is 0.771. The second-order valence-corrected chi connectivity index (χ2v) is 2.93. The van der Waals surface area contributed by atoms with Gasteiger partial charge < -0.3 is 0 Å². The third-order valence-corrected chi connectivity index (χ3v) is 1.63. The van der Waals surface area contributed by atoms with Crippen LogP contribution in [0, 0.1) is 11.8 Å². The summed E-state index contributed by atoms with van der Waals surface area (Å²) < 4.78 is 36.2. The van der Waals surface area contributed by atoms with Crippen LogP contribution in [0.25, 0.3) is 0 Å². The molecule has 1 heterocycles. The van der Waals surface area contributed by atoms with Gasteiger partial charge in [-0.3, -0.25) is 4.98 Å². The summed E-state index contributed by atoms with van der Waals surface area (Å²) in [4.78, 5) is 3.26. The van der Waals surface area contributed by atoms with Crippen molar-refractivity contribution >= 4 is 15.9 Å². The molecule has 0 spiro atoms. The van der Waals surface area contributed by atoms with Crippen molar-refractivity contribution < 1.29 is 13.2 Å². The Labute approximate surface area is 87.5 Å². The molecule has 0 saturated carbocycles. The lowest BCUT2D eigenvalue weighted by atomic mass is 10.2. The van der Waals surface area contributed by atoms with Crippen LogP contribution < -0.4 is 0 Å². The zero-order valence-electron chi connectivity index (χ0n) is 6.90. The summed E-state index contributed by atoms with van der Waals surface area (Å²) in [5.74, 6) is 5.31. The summed E-state index contributed by atoms with van der Waals surface area (Å²) in [7, 11) is 0. The Bertz CT molecular complexity index is 358. The zero-order chi connectivity index (χ0) is 10.6. The van der Waals surface area contributed by atoms with E-state index in [1.165, 1.54) is 6.07 Å². The van der Waals surface area contributed by atoms with Gasteiger partial charge in [0.1, 0.15) is 5.69 Å². The summed E-state index contributed by atoms with van der Waals surface area (Å²) in [6.07, 6.45) is -3.28. The van der Waals surface area contributed by atoms with E-state index >= 15 is 0 Å². The van der Waals surface area contributed by atoms with Crippen molar-refractivity contribution in [3.63, 3.8) is 0 Å². The molecule has 1 rings (SSSR count). The van der Waals surface area contributed by atoms with E-state index in [2.05, 4.69) is 32.8 Å². The molecule has 1 nitrogen and oxygen atoms in total. The first-order valence-electron chi connectivity index (χ1n) is 3.62. The van der Waals surface area contributed by atoms with Gasteiger partial charge in [0.25, 0.3) is 0 Å². The molecule has 0 bridgehead atoms. The highest BCUT2D eigenvalue weighted by molar-refractivity contribution is 9.09. The largest absolute Gasteiger partial charge is 0.433 e. The minimum absolute atomic E-state index is 0.470.